The molecule has 0 saturated heterocycles. The van der Waals surface area contributed by atoms with Crippen molar-refractivity contribution in [1.82, 2.24) is 0 Å². The second-order valence-electron chi connectivity index (χ2n) is 7.27. The van der Waals surface area contributed by atoms with E-state index in [0.717, 1.165) is 24.3 Å². The first kappa shape index (κ1) is 16.3. The lowest BCUT2D eigenvalue weighted by molar-refractivity contribution is 0.0972. The lowest BCUT2D eigenvalue weighted by Crippen LogP contribution is -2.08. The van der Waals surface area contributed by atoms with E-state index in [1.165, 1.54) is 36.8 Å². The summed E-state index contributed by atoms with van der Waals surface area (Å²) in [5.41, 5.74) is 3.54. The third kappa shape index (κ3) is 4.18. The van der Waals surface area contributed by atoms with E-state index in [-0.39, 0.29) is 0 Å². The molecule has 0 bridgehead atoms. The highest BCUT2D eigenvalue weighted by Crippen LogP contribution is 2.30. The van der Waals surface area contributed by atoms with E-state index in [9.17, 15) is 4.79 Å². The zero-order valence-electron chi connectivity index (χ0n) is 14.1. The Morgan fingerprint density at radius 3 is 2.33 bits per heavy atom. The molecule has 1 aromatic rings. The van der Waals surface area contributed by atoms with Crippen molar-refractivity contribution >= 4 is 5.78 Å². The van der Waals surface area contributed by atoms with Crippen molar-refractivity contribution in [3.63, 3.8) is 0 Å². The third-order valence-corrected chi connectivity index (χ3v) is 4.92. The van der Waals surface area contributed by atoms with Crippen molar-refractivity contribution in [3.8, 4) is 0 Å². The van der Waals surface area contributed by atoms with Crippen LogP contribution in [0.2, 0.25) is 0 Å². The molecule has 1 aliphatic rings. The molecule has 116 valence electrons. The van der Waals surface area contributed by atoms with Crippen LogP contribution in [0.15, 0.2) is 18.2 Å². The van der Waals surface area contributed by atoms with E-state index in [4.69, 9.17) is 0 Å². The van der Waals surface area contributed by atoms with Gasteiger partial charge < -0.3 is 0 Å². The number of ketones is 1. The zero-order valence-corrected chi connectivity index (χ0v) is 14.1. The smallest absolute Gasteiger partial charge is 0.163 e. The topological polar surface area (TPSA) is 17.1 Å². The van der Waals surface area contributed by atoms with Gasteiger partial charge in [0.05, 0.1) is 0 Å². The van der Waals surface area contributed by atoms with E-state index >= 15 is 0 Å². The summed E-state index contributed by atoms with van der Waals surface area (Å²) in [4.78, 5) is 12.6. The van der Waals surface area contributed by atoms with Crippen molar-refractivity contribution < 1.29 is 4.79 Å². The van der Waals surface area contributed by atoms with Gasteiger partial charge in [0.1, 0.15) is 0 Å². The summed E-state index contributed by atoms with van der Waals surface area (Å²) in [6.45, 7) is 8.79. The first-order chi connectivity index (χ1) is 9.99. The van der Waals surface area contributed by atoms with Crippen LogP contribution >= 0.6 is 0 Å². The van der Waals surface area contributed by atoms with E-state index in [2.05, 4.69) is 45.9 Å². The molecule has 0 heterocycles. The fraction of sp³-hybridized carbons (Fsp3) is 0.650. The Balaban J connectivity index is 2.11. The molecule has 1 nitrogen and oxygen atoms in total. The average Bonchev–Trinajstić information content (AvgIpc) is 2.97. The van der Waals surface area contributed by atoms with Crippen LogP contribution in [0.4, 0.5) is 0 Å². The largest absolute Gasteiger partial charge is 0.294 e. The van der Waals surface area contributed by atoms with Crippen molar-refractivity contribution in [2.24, 2.45) is 5.92 Å². The molecule has 1 aliphatic carbocycles. The molecular weight excluding hydrogens is 256 g/mol. The lowest BCUT2D eigenvalue weighted by atomic mass is 9.88. The number of carbonyl (C=O) groups excluding carboxylic acids is 1. The number of benzene rings is 1. The highest BCUT2D eigenvalue weighted by atomic mass is 16.1. The fourth-order valence-corrected chi connectivity index (χ4v) is 3.44. The molecule has 21 heavy (non-hydrogen) atoms. The Kier molecular flexibility index (Phi) is 5.61. The highest BCUT2D eigenvalue weighted by Gasteiger charge is 2.19. The first-order valence-corrected chi connectivity index (χ1v) is 8.66. The van der Waals surface area contributed by atoms with Crippen LogP contribution in [0, 0.1) is 5.92 Å². The van der Waals surface area contributed by atoms with Gasteiger partial charge >= 0.3 is 0 Å². The number of Topliss-reactive ketones (excluding diaryl/α,β-unsaturated/α-hetero) is 1. The molecule has 1 heteroatoms. The number of rotatable bonds is 6. The van der Waals surface area contributed by atoms with Crippen molar-refractivity contribution in [3.05, 3.63) is 34.9 Å². The van der Waals surface area contributed by atoms with Gasteiger partial charge in [-0.05, 0) is 35.3 Å². The maximum atomic E-state index is 12.6. The van der Waals surface area contributed by atoms with Crippen molar-refractivity contribution in [2.75, 3.05) is 0 Å². The second kappa shape index (κ2) is 7.24. The zero-order chi connectivity index (χ0) is 15.4. The van der Waals surface area contributed by atoms with Crippen LogP contribution in [0.3, 0.4) is 0 Å². The Morgan fingerprint density at radius 2 is 1.76 bits per heavy atom. The summed E-state index contributed by atoms with van der Waals surface area (Å²) in [5.74, 6) is 2.08. The normalized spacial score (nSPS) is 16.1. The lowest BCUT2D eigenvalue weighted by Gasteiger charge is -2.16. The predicted octanol–water partition coefficient (Wildman–Crippen LogP) is 6.09. The Bertz CT molecular complexity index is 479. The van der Waals surface area contributed by atoms with Gasteiger partial charge in [-0.15, -0.1) is 0 Å². The van der Waals surface area contributed by atoms with E-state index < -0.39 is 0 Å². The Hall–Kier alpha value is -1.11. The molecule has 0 radical (unpaired) electrons. The molecule has 1 aromatic carbocycles. The molecular formula is C20H30O. The van der Waals surface area contributed by atoms with E-state index in [0.29, 0.717) is 17.6 Å². The molecule has 0 unspecified atom stereocenters. The van der Waals surface area contributed by atoms with Gasteiger partial charge in [-0.2, -0.15) is 0 Å². The van der Waals surface area contributed by atoms with Crippen LogP contribution in [0.25, 0.3) is 0 Å². The van der Waals surface area contributed by atoms with Gasteiger partial charge in [-0.1, -0.05) is 71.6 Å². The maximum absolute atomic E-state index is 12.6. The molecule has 0 N–H and O–H groups in total. The maximum Gasteiger partial charge on any atom is 0.163 e. The quantitative estimate of drug-likeness (QED) is 0.579. The van der Waals surface area contributed by atoms with E-state index in [1.807, 2.05) is 0 Å². The van der Waals surface area contributed by atoms with Gasteiger partial charge in [0, 0.05) is 12.0 Å². The standard InChI is InChI=1S/C20H30O/c1-14(2)17-10-11-18(19(13-17)15(3)4)20(21)12-9-16-7-5-6-8-16/h10-11,13-16H,5-9,12H2,1-4H3. The van der Waals surface area contributed by atoms with Gasteiger partial charge in [0.15, 0.2) is 5.78 Å². The van der Waals surface area contributed by atoms with Crippen LogP contribution in [0.5, 0.6) is 0 Å². The van der Waals surface area contributed by atoms with Gasteiger partial charge in [0.25, 0.3) is 0 Å². The highest BCUT2D eigenvalue weighted by molar-refractivity contribution is 5.97. The summed E-state index contributed by atoms with van der Waals surface area (Å²) >= 11 is 0. The van der Waals surface area contributed by atoms with Gasteiger partial charge in [-0.3, -0.25) is 4.79 Å². The molecule has 0 aromatic heterocycles. The van der Waals surface area contributed by atoms with Gasteiger partial charge in [0.2, 0.25) is 0 Å². The summed E-state index contributed by atoms with van der Waals surface area (Å²) in [6.07, 6.45) is 7.19. The third-order valence-electron chi connectivity index (χ3n) is 4.92. The van der Waals surface area contributed by atoms with Crippen molar-refractivity contribution in [2.45, 2.75) is 78.1 Å². The minimum atomic E-state index is 0.348. The molecule has 0 amide bonds. The van der Waals surface area contributed by atoms with Crippen LogP contribution in [-0.2, 0) is 0 Å². The van der Waals surface area contributed by atoms with Crippen LogP contribution < -0.4 is 0 Å². The fourth-order valence-electron chi connectivity index (χ4n) is 3.44. The summed E-state index contributed by atoms with van der Waals surface area (Å²) in [6, 6.07) is 6.46. The van der Waals surface area contributed by atoms with Crippen LogP contribution in [-0.4, -0.2) is 5.78 Å². The van der Waals surface area contributed by atoms with Gasteiger partial charge in [-0.25, -0.2) is 0 Å². The number of carbonyl (C=O) groups is 1. The summed E-state index contributed by atoms with van der Waals surface area (Å²) < 4.78 is 0. The summed E-state index contributed by atoms with van der Waals surface area (Å²) in [7, 11) is 0. The number of hydrogen-bond donors (Lipinski definition) is 0. The summed E-state index contributed by atoms with van der Waals surface area (Å²) in [5, 5.41) is 0. The molecule has 1 fully saturated rings. The monoisotopic (exact) mass is 286 g/mol. The Labute approximate surface area is 130 Å². The minimum absolute atomic E-state index is 0.348. The molecule has 0 atom stereocenters. The van der Waals surface area contributed by atoms with E-state index in [1.54, 1.807) is 0 Å². The first-order valence-electron chi connectivity index (χ1n) is 8.66. The Morgan fingerprint density at radius 1 is 1.10 bits per heavy atom. The van der Waals surface area contributed by atoms with Crippen LogP contribution in [0.1, 0.15) is 99.5 Å². The average molecular weight is 286 g/mol. The second-order valence-corrected chi connectivity index (χ2v) is 7.27. The minimum Gasteiger partial charge on any atom is -0.294 e. The SMILES string of the molecule is CC(C)c1ccc(C(=O)CCC2CCCC2)c(C(C)C)c1. The number of hydrogen-bond acceptors (Lipinski definition) is 1. The predicted molar refractivity (Wildman–Crippen MR) is 90.1 cm³/mol. The molecule has 0 aliphatic heterocycles. The molecule has 0 spiro atoms. The molecule has 1 saturated carbocycles. The molecule has 2 rings (SSSR count). The van der Waals surface area contributed by atoms with Crippen molar-refractivity contribution in [1.29, 1.82) is 0 Å².